The summed E-state index contributed by atoms with van der Waals surface area (Å²) in [6, 6.07) is 17.6. The lowest BCUT2D eigenvalue weighted by molar-refractivity contribution is -0.385. The van der Waals surface area contributed by atoms with Crippen LogP contribution in [0.4, 0.5) is 5.69 Å². The summed E-state index contributed by atoms with van der Waals surface area (Å²) in [5.41, 5.74) is 1.05. The standard InChI is InChI=1S/C22H16BrNO6S/c1-29-18-9-2-14(3-10-18)12-21-22(15-4-6-16(23)7-5-15)30-19-13-17(24(25)26)8-11-20(19)31(21,27)28/h2-11,13H,12H2,1H3. The maximum absolute atomic E-state index is 13.5. The average molecular weight is 502 g/mol. The fourth-order valence-corrected chi connectivity index (χ4v) is 5.16. The maximum atomic E-state index is 13.5. The SMILES string of the molecule is COc1ccc(CC2=C(c3ccc(Br)cc3)Oc3cc([N+](=O)[O-])ccc3S2(=O)=O)cc1. The van der Waals surface area contributed by atoms with Gasteiger partial charge in [0.25, 0.3) is 5.69 Å². The average Bonchev–Trinajstić information content (AvgIpc) is 2.76. The van der Waals surface area contributed by atoms with E-state index in [1.165, 1.54) is 6.07 Å². The number of rotatable bonds is 5. The monoisotopic (exact) mass is 501 g/mol. The fraction of sp³-hybridized carbons (Fsp3) is 0.0909. The summed E-state index contributed by atoms with van der Waals surface area (Å²) in [6.45, 7) is 0. The Bertz CT molecular complexity index is 1300. The summed E-state index contributed by atoms with van der Waals surface area (Å²) in [6.07, 6.45) is 0.0914. The number of benzene rings is 3. The van der Waals surface area contributed by atoms with Gasteiger partial charge in [0.05, 0.1) is 23.0 Å². The Morgan fingerprint density at radius 3 is 2.32 bits per heavy atom. The van der Waals surface area contributed by atoms with Crippen molar-refractivity contribution in [2.75, 3.05) is 7.11 Å². The molecule has 0 saturated carbocycles. The van der Waals surface area contributed by atoms with Crippen LogP contribution in [0.3, 0.4) is 0 Å². The van der Waals surface area contributed by atoms with E-state index in [-0.39, 0.29) is 33.4 Å². The van der Waals surface area contributed by atoms with E-state index < -0.39 is 14.8 Å². The summed E-state index contributed by atoms with van der Waals surface area (Å²) in [4.78, 5) is 10.6. The van der Waals surface area contributed by atoms with Crippen LogP contribution in [0.2, 0.25) is 0 Å². The minimum atomic E-state index is -3.96. The minimum Gasteiger partial charge on any atom is -0.497 e. The van der Waals surface area contributed by atoms with E-state index in [0.717, 1.165) is 22.2 Å². The van der Waals surface area contributed by atoms with Gasteiger partial charge in [-0.3, -0.25) is 10.1 Å². The molecule has 31 heavy (non-hydrogen) atoms. The Morgan fingerprint density at radius 1 is 1.03 bits per heavy atom. The first-order chi connectivity index (χ1) is 14.8. The lowest BCUT2D eigenvalue weighted by Crippen LogP contribution is -2.18. The van der Waals surface area contributed by atoms with Crippen molar-refractivity contribution in [3.63, 3.8) is 0 Å². The highest BCUT2D eigenvalue weighted by molar-refractivity contribution is 9.10. The van der Waals surface area contributed by atoms with Gasteiger partial charge in [0.2, 0.25) is 9.84 Å². The number of allylic oxidation sites excluding steroid dienone is 1. The molecule has 3 aromatic carbocycles. The zero-order chi connectivity index (χ0) is 22.2. The number of nitrogens with zero attached hydrogens (tertiary/aromatic N) is 1. The first-order valence-corrected chi connectivity index (χ1v) is 11.4. The molecule has 0 spiro atoms. The van der Waals surface area contributed by atoms with Crippen molar-refractivity contribution in [3.8, 4) is 11.5 Å². The smallest absolute Gasteiger partial charge is 0.273 e. The number of non-ortho nitro benzene ring substituents is 1. The Kier molecular flexibility index (Phi) is 5.55. The van der Waals surface area contributed by atoms with Crippen LogP contribution < -0.4 is 9.47 Å². The van der Waals surface area contributed by atoms with Gasteiger partial charge < -0.3 is 9.47 Å². The molecule has 0 fully saturated rings. The third-order valence-corrected chi connectivity index (χ3v) is 7.27. The molecule has 1 aliphatic heterocycles. The number of hydrogen-bond acceptors (Lipinski definition) is 6. The predicted octanol–water partition coefficient (Wildman–Crippen LogP) is 5.14. The number of ether oxygens (including phenoxy) is 2. The van der Waals surface area contributed by atoms with Crippen molar-refractivity contribution < 1.29 is 22.8 Å². The van der Waals surface area contributed by atoms with Crippen LogP contribution in [0, 0.1) is 10.1 Å². The van der Waals surface area contributed by atoms with Crippen molar-refractivity contribution in [2.24, 2.45) is 0 Å². The Hall–Kier alpha value is -3.17. The second-order valence-electron chi connectivity index (χ2n) is 6.78. The van der Waals surface area contributed by atoms with Crippen LogP contribution >= 0.6 is 15.9 Å². The number of nitro groups is 1. The molecule has 0 amide bonds. The molecule has 0 atom stereocenters. The molecule has 0 aliphatic carbocycles. The van der Waals surface area contributed by atoms with E-state index in [4.69, 9.17) is 9.47 Å². The van der Waals surface area contributed by atoms with E-state index in [0.29, 0.717) is 11.3 Å². The fourth-order valence-electron chi connectivity index (χ4n) is 3.26. The number of hydrogen-bond donors (Lipinski definition) is 0. The third kappa shape index (κ3) is 4.06. The van der Waals surface area contributed by atoms with E-state index in [1.54, 1.807) is 55.6 Å². The van der Waals surface area contributed by atoms with E-state index in [2.05, 4.69) is 15.9 Å². The highest BCUT2D eigenvalue weighted by Crippen LogP contribution is 2.43. The normalized spacial score (nSPS) is 14.5. The van der Waals surface area contributed by atoms with Crippen LogP contribution in [0.25, 0.3) is 5.76 Å². The van der Waals surface area contributed by atoms with Crippen LogP contribution in [-0.2, 0) is 16.3 Å². The molecule has 158 valence electrons. The number of sulfone groups is 1. The van der Waals surface area contributed by atoms with Crippen LogP contribution in [0.5, 0.6) is 11.5 Å². The quantitative estimate of drug-likeness (QED) is 0.354. The minimum absolute atomic E-state index is 0.0643. The van der Waals surface area contributed by atoms with Gasteiger partial charge in [0, 0.05) is 22.5 Å². The van der Waals surface area contributed by atoms with Gasteiger partial charge in [-0.1, -0.05) is 40.2 Å². The van der Waals surface area contributed by atoms with E-state index in [1.807, 2.05) is 0 Å². The topological polar surface area (TPSA) is 95.7 Å². The highest BCUT2D eigenvalue weighted by atomic mass is 79.9. The Labute approximate surface area is 187 Å². The Morgan fingerprint density at radius 2 is 1.71 bits per heavy atom. The lowest BCUT2D eigenvalue weighted by atomic mass is 10.1. The highest BCUT2D eigenvalue weighted by Gasteiger charge is 2.35. The van der Waals surface area contributed by atoms with Crippen LogP contribution in [0.15, 0.2) is 81.0 Å². The van der Waals surface area contributed by atoms with E-state index >= 15 is 0 Å². The maximum Gasteiger partial charge on any atom is 0.273 e. The molecule has 1 heterocycles. The zero-order valence-corrected chi connectivity index (χ0v) is 18.6. The number of nitro benzene ring substituents is 1. The molecular weight excluding hydrogens is 486 g/mol. The van der Waals surface area contributed by atoms with Crippen molar-refractivity contribution in [3.05, 3.63) is 97.3 Å². The largest absolute Gasteiger partial charge is 0.497 e. The molecule has 0 saturated heterocycles. The summed E-state index contributed by atoms with van der Waals surface area (Å²) in [5, 5.41) is 11.2. The second-order valence-corrected chi connectivity index (χ2v) is 9.63. The van der Waals surface area contributed by atoms with Crippen molar-refractivity contribution in [1.29, 1.82) is 0 Å². The van der Waals surface area contributed by atoms with Crippen molar-refractivity contribution >= 4 is 37.2 Å². The van der Waals surface area contributed by atoms with Gasteiger partial charge in [-0.15, -0.1) is 0 Å². The zero-order valence-electron chi connectivity index (χ0n) is 16.2. The van der Waals surface area contributed by atoms with E-state index in [9.17, 15) is 18.5 Å². The third-order valence-electron chi connectivity index (χ3n) is 4.85. The molecule has 3 aromatic rings. The Balaban J connectivity index is 1.88. The first-order valence-electron chi connectivity index (χ1n) is 9.13. The van der Waals surface area contributed by atoms with Gasteiger partial charge in [0.1, 0.15) is 16.4 Å². The number of fused-ring (bicyclic) bond motifs is 1. The first kappa shape index (κ1) is 21.1. The molecule has 1 aliphatic rings. The van der Waals surface area contributed by atoms with Gasteiger partial charge in [0.15, 0.2) is 5.75 Å². The van der Waals surface area contributed by atoms with Crippen LogP contribution in [-0.4, -0.2) is 20.5 Å². The molecule has 0 bridgehead atoms. The van der Waals surface area contributed by atoms with Gasteiger partial charge >= 0.3 is 0 Å². The predicted molar refractivity (Wildman–Crippen MR) is 119 cm³/mol. The van der Waals surface area contributed by atoms with Crippen molar-refractivity contribution in [2.45, 2.75) is 11.3 Å². The van der Waals surface area contributed by atoms with Gasteiger partial charge in [-0.2, -0.15) is 0 Å². The lowest BCUT2D eigenvalue weighted by Gasteiger charge is -2.24. The molecule has 0 N–H and O–H groups in total. The molecule has 0 aromatic heterocycles. The summed E-state index contributed by atoms with van der Waals surface area (Å²) in [7, 11) is -2.40. The second kappa shape index (κ2) is 8.16. The molecule has 4 rings (SSSR count). The molecular formula is C22H16BrNO6S. The molecule has 9 heteroatoms. The molecule has 0 unspecified atom stereocenters. The molecule has 0 radical (unpaired) electrons. The summed E-state index contributed by atoms with van der Waals surface area (Å²) < 4.78 is 39.0. The summed E-state index contributed by atoms with van der Waals surface area (Å²) in [5.74, 6) is 0.744. The van der Waals surface area contributed by atoms with Crippen LogP contribution in [0.1, 0.15) is 11.1 Å². The number of halogens is 1. The molecule has 7 nitrogen and oxygen atoms in total. The van der Waals surface area contributed by atoms with Crippen molar-refractivity contribution in [1.82, 2.24) is 0 Å². The number of methoxy groups -OCH3 is 1. The van der Waals surface area contributed by atoms with Gasteiger partial charge in [-0.25, -0.2) is 8.42 Å². The summed E-state index contributed by atoms with van der Waals surface area (Å²) >= 11 is 3.36. The van der Waals surface area contributed by atoms with Gasteiger partial charge in [-0.05, 0) is 35.9 Å².